The average molecular weight is 338 g/mol. The van der Waals surface area contributed by atoms with Crippen LogP contribution in [0.2, 0.25) is 0 Å². The van der Waals surface area contributed by atoms with Gasteiger partial charge in [-0.05, 0) is 50.8 Å². The number of hydrogen-bond acceptors (Lipinski definition) is 2. The molecule has 4 heteroatoms. The third kappa shape index (κ3) is 6.42. The van der Waals surface area contributed by atoms with Crippen molar-refractivity contribution in [3.8, 4) is 0 Å². The van der Waals surface area contributed by atoms with Gasteiger partial charge in [0.25, 0.3) is 5.91 Å². The minimum absolute atomic E-state index is 0.0247. The van der Waals surface area contributed by atoms with Gasteiger partial charge < -0.3 is 10.6 Å². The van der Waals surface area contributed by atoms with E-state index in [1.54, 1.807) is 6.07 Å². The molecule has 0 bridgehead atoms. The molecule has 0 unspecified atom stereocenters. The minimum Gasteiger partial charge on any atom is -0.350 e. The van der Waals surface area contributed by atoms with Crippen LogP contribution < -0.4 is 10.6 Å². The lowest BCUT2D eigenvalue weighted by atomic mass is 9.99. The standard InChI is InChI=1S/C21H26N2O2/c1-21(2,3)23-19(24)15-22-20(25)18-12-8-7-11-17(18)14-13-16-9-5-4-6-10-16/h4-12H,13-15H2,1-3H3,(H,22,25)(H,23,24). The van der Waals surface area contributed by atoms with Crippen molar-refractivity contribution in [1.82, 2.24) is 10.6 Å². The maximum absolute atomic E-state index is 12.5. The van der Waals surface area contributed by atoms with Crippen molar-refractivity contribution in [3.63, 3.8) is 0 Å². The van der Waals surface area contributed by atoms with Gasteiger partial charge in [-0.3, -0.25) is 9.59 Å². The monoisotopic (exact) mass is 338 g/mol. The Morgan fingerprint density at radius 3 is 2.20 bits per heavy atom. The van der Waals surface area contributed by atoms with E-state index in [2.05, 4.69) is 22.8 Å². The molecule has 25 heavy (non-hydrogen) atoms. The van der Waals surface area contributed by atoms with Gasteiger partial charge in [0.15, 0.2) is 0 Å². The van der Waals surface area contributed by atoms with Crippen molar-refractivity contribution >= 4 is 11.8 Å². The SMILES string of the molecule is CC(C)(C)NC(=O)CNC(=O)c1ccccc1CCc1ccccc1. The molecule has 0 fully saturated rings. The van der Waals surface area contributed by atoms with Crippen LogP contribution in [0.4, 0.5) is 0 Å². The summed E-state index contributed by atoms with van der Waals surface area (Å²) in [6.45, 7) is 5.70. The summed E-state index contributed by atoms with van der Waals surface area (Å²) in [6.07, 6.45) is 1.65. The molecule has 2 aromatic rings. The lowest BCUT2D eigenvalue weighted by Gasteiger charge is -2.20. The number of rotatable bonds is 6. The Hall–Kier alpha value is -2.62. The van der Waals surface area contributed by atoms with Crippen LogP contribution >= 0.6 is 0 Å². The van der Waals surface area contributed by atoms with Gasteiger partial charge in [-0.25, -0.2) is 0 Å². The maximum Gasteiger partial charge on any atom is 0.251 e. The zero-order valence-electron chi connectivity index (χ0n) is 15.1. The summed E-state index contributed by atoms with van der Waals surface area (Å²) in [5, 5.41) is 5.54. The molecule has 0 aromatic heterocycles. The normalized spacial score (nSPS) is 11.0. The highest BCUT2D eigenvalue weighted by atomic mass is 16.2. The minimum atomic E-state index is -0.310. The summed E-state index contributed by atoms with van der Waals surface area (Å²) in [6, 6.07) is 17.7. The highest BCUT2D eigenvalue weighted by molar-refractivity contribution is 5.97. The number of carbonyl (C=O) groups excluding carboxylic acids is 2. The smallest absolute Gasteiger partial charge is 0.251 e. The molecule has 2 amide bonds. The molecule has 0 spiro atoms. The van der Waals surface area contributed by atoms with Crippen LogP contribution in [0.15, 0.2) is 54.6 Å². The zero-order chi connectivity index (χ0) is 18.3. The van der Waals surface area contributed by atoms with Gasteiger partial charge >= 0.3 is 0 Å². The fraction of sp³-hybridized carbons (Fsp3) is 0.333. The van der Waals surface area contributed by atoms with Crippen molar-refractivity contribution in [3.05, 3.63) is 71.3 Å². The van der Waals surface area contributed by atoms with Crippen molar-refractivity contribution in [2.75, 3.05) is 6.54 Å². The quantitative estimate of drug-likeness (QED) is 0.850. The Morgan fingerprint density at radius 1 is 0.880 bits per heavy atom. The van der Waals surface area contributed by atoms with E-state index >= 15 is 0 Å². The number of aryl methyl sites for hydroxylation is 2. The van der Waals surface area contributed by atoms with Crippen molar-refractivity contribution in [1.29, 1.82) is 0 Å². The average Bonchev–Trinajstić information content (AvgIpc) is 2.57. The largest absolute Gasteiger partial charge is 0.350 e. The molecule has 0 saturated heterocycles. The topological polar surface area (TPSA) is 58.2 Å². The lowest BCUT2D eigenvalue weighted by molar-refractivity contribution is -0.121. The Kier molecular flexibility index (Phi) is 6.34. The predicted octanol–water partition coefficient (Wildman–Crippen LogP) is 3.12. The van der Waals surface area contributed by atoms with Gasteiger partial charge in [-0.2, -0.15) is 0 Å². The van der Waals surface area contributed by atoms with E-state index in [0.29, 0.717) is 5.56 Å². The van der Waals surface area contributed by atoms with E-state index in [1.807, 2.05) is 57.2 Å². The second kappa shape index (κ2) is 8.47. The zero-order valence-corrected chi connectivity index (χ0v) is 15.1. The molecule has 0 atom stereocenters. The molecule has 0 aliphatic carbocycles. The van der Waals surface area contributed by atoms with E-state index in [4.69, 9.17) is 0 Å². The number of amides is 2. The summed E-state index contributed by atoms with van der Waals surface area (Å²) in [7, 11) is 0. The fourth-order valence-electron chi connectivity index (χ4n) is 2.60. The van der Waals surface area contributed by atoms with Gasteiger partial charge in [-0.1, -0.05) is 48.5 Å². The Labute approximate surface area is 149 Å². The second-order valence-electron chi connectivity index (χ2n) is 7.12. The molecule has 2 rings (SSSR count). The van der Waals surface area contributed by atoms with Crippen LogP contribution in [0.25, 0.3) is 0 Å². The molecule has 2 aromatic carbocycles. The number of hydrogen-bond donors (Lipinski definition) is 2. The molecule has 0 aliphatic rings. The molecule has 2 N–H and O–H groups in total. The van der Waals surface area contributed by atoms with Crippen LogP contribution in [-0.2, 0) is 17.6 Å². The van der Waals surface area contributed by atoms with Gasteiger partial charge in [0.05, 0.1) is 6.54 Å². The third-order valence-corrected chi connectivity index (χ3v) is 3.71. The van der Waals surface area contributed by atoms with Crippen molar-refractivity contribution in [2.45, 2.75) is 39.2 Å². The van der Waals surface area contributed by atoms with E-state index in [0.717, 1.165) is 18.4 Å². The number of benzene rings is 2. The summed E-state index contributed by atoms with van der Waals surface area (Å²) in [5.74, 6) is -0.407. The van der Waals surface area contributed by atoms with E-state index in [-0.39, 0.29) is 23.9 Å². The molecule has 0 aliphatic heterocycles. The van der Waals surface area contributed by atoms with E-state index in [9.17, 15) is 9.59 Å². The van der Waals surface area contributed by atoms with Gasteiger partial charge in [-0.15, -0.1) is 0 Å². The van der Waals surface area contributed by atoms with Gasteiger partial charge in [0, 0.05) is 11.1 Å². The first-order chi connectivity index (χ1) is 11.8. The van der Waals surface area contributed by atoms with Crippen LogP contribution in [0.1, 0.15) is 42.3 Å². The fourth-order valence-corrected chi connectivity index (χ4v) is 2.60. The Bertz CT molecular complexity index is 718. The molecule has 4 nitrogen and oxygen atoms in total. The summed E-state index contributed by atoms with van der Waals surface area (Å²) >= 11 is 0. The van der Waals surface area contributed by atoms with Gasteiger partial charge in [0.2, 0.25) is 5.91 Å². The predicted molar refractivity (Wildman–Crippen MR) is 101 cm³/mol. The van der Waals surface area contributed by atoms with E-state index < -0.39 is 0 Å². The third-order valence-electron chi connectivity index (χ3n) is 3.71. The maximum atomic E-state index is 12.5. The molecular formula is C21H26N2O2. The van der Waals surface area contributed by atoms with Crippen molar-refractivity contribution < 1.29 is 9.59 Å². The van der Waals surface area contributed by atoms with Crippen LogP contribution in [0.5, 0.6) is 0 Å². The van der Waals surface area contributed by atoms with Crippen LogP contribution in [0.3, 0.4) is 0 Å². The summed E-state index contributed by atoms with van der Waals surface area (Å²) in [5.41, 5.74) is 2.54. The first-order valence-electron chi connectivity index (χ1n) is 8.56. The molecule has 0 heterocycles. The molecule has 0 radical (unpaired) electrons. The molecule has 0 saturated carbocycles. The number of nitrogens with one attached hydrogen (secondary N) is 2. The first kappa shape index (κ1) is 18.7. The van der Waals surface area contributed by atoms with Crippen LogP contribution in [0, 0.1) is 0 Å². The summed E-state index contributed by atoms with van der Waals surface area (Å²) < 4.78 is 0. The highest BCUT2D eigenvalue weighted by Crippen LogP contribution is 2.13. The molecule has 132 valence electrons. The van der Waals surface area contributed by atoms with Crippen LogP contribution in [-0.4, -0.2) is 23.9 Å². The second-order valence-corrected chi connectivity index (χ2v) is 7.12. The lowest BCUT2D eigenvalue weighted by Crippen LogP contribution is -2.45. The number of carbonyl (C=O) groups is 2. The van der Waals surface area contributed by atoms with E-state index in [1.165, 1.54) is 5.56 Å². The highest BCUT2D eigenvalue weighted by Gasteiger charge is 2.16. The molecular weight excluding hydrogens is 312 g/mol. The van der Waals surface area contributed by atoms with Gasteiger partial charge in [0.1, 0.15) is 0 Å². The Morgan fingerprint density at radius 2 is 1.52 bits per heavy atom. The van der Waals surface area contributed by atoms with Crippen molar-refractivity contribution in [2.24, 2.45) is 0 Å². The first-order valence-corrected chi connectivity index (χ1v) is 8.56. The summed E-state index contributed by atoms with van der Waals surface area (Å²) in [4.78, 5) is 24.3. The Balaban J connectivity index is 1.97.